The normalized spacial score (nSPS) is 10.3. The van der Waals surface area contributed by atoms with Gasteiger partial charge in [0.1, 0.15) is 11.4 Å². The molecule has 1 aromatic carbocycles. The Morgan fingerprint density at radius 3 is 2.56 bits per heavy atom. The van der Waals surface area contributed by atoms with Crippen LogP contribution in [0, 0.1) is 6.92 Å². The van der Waals surface area contributed by atoms with Gasteiger partial charge in [-0.1, -0.05) is 24.3 Å². The number of hydrogen-bond donors (Lipinski definition) is 3. The van der Waals surface area contributed by atoms with Crippen LogP contribution in [0.25, 0.3) is 11.1 Å². The first kappa shape index (κ1) is 11.9. The number of nitrogen functional groups attached to an aromatic ring is 1. The molecule has 0 bridgehead atoms. The number of hydrogen-bond acceptors (Lipinski definition) is 3. The van der Waals surface area contributed by atoms with Crippen LogP contribution in [0.3, 0.4) is 0 Å². The van der Waals surface area contributed by atoms with Crippen LogP contribution in [0.1, 0.15) is 15.9 Å². The van der Waals surface area contributed by atoms with Crippen LogP contribution in [-0.2, 0) is 0 Å². The molecule has 0 aliphatic rings. The number of anilines is 1. The summed E-state index contributed by atoms with van der Waals surface area (Å²) in [6, 6.07) is 8.70. The van der Waals surface area contributed by atoms with Gasteiger partial charge in [0.15, 0.2) is 0 Å². The highest BCUT2D eigenvalue weighted by atomic mass is 16.4. The molecule has 0 aliphatic carbocycles. The number of carboxylic acids is 1. The molecular weight excluding hydrogens is 232 g/mol. The molecule has 0 saturated carbocycles. The summed E-state index contributed by atoms with van der Waals surface area (Å²) in [6.45, 7) is 1.85. The second kappa shape index (κ2) is 4.37. The number of carboxylic acid groups (broad SMARTS) is 1. The summed E-state index contributed by atoms with van der Waals surface area (Å²) in [5, 5.41) is 9.13. The zero-order valence-corrected chi connectivity index (χ0v) is 9.73. The molecule has 0 saturated heterocycles. The smallest absolute Gasteiger partial charge is 0.341 e. The Balaban J connectivity index is 2.83. The van der Waals surface area contributed by atoms with Crippen molar-refractivity contribution in [1.29, 1.82) is 0 Å². The van der Waals surface area contributed by atoms with Gasteiger partial charge in [-0.05, 0) is 24.1 Å². The number of nitrogens with two attached hydrogens (primary N) is 1. The van der Waals surface area contributed by atoms with Gasteiger partial charge in [0.05, 0.1) is 0 Å². The highest BCUT2D eigenvalue weighted by Crippen LogP contribution is 2.26. The van der Waals surface area contributed by atoms with Crippen molar-refractivity contribution >= 4 is 11.8 Å². The third kappa shape index (κ3) is 1.98. The fourth-order valence-corrected chi connectivity index (χ4v) is 1.88. The SMILES string of the molecule is Cc1ccccc1-c1cc(N)[nH]c(=O)c1C(=O)O. The minimum Gasteiger partial charge on any atom is -0.477 e. The van der Waals surface area contributed by atoms with Crippen LogP contribution in [0.4, 0.5) is 5.82 Å². The quantitative estimate of drug-likeness (QED) is 0.748. The van der Waals surface area contributed by atoms with Crippen molar-refractivity contribution < 1.29 is 9.90 Å². The lowest BCUT2D eigenvalue weighted by Gasteiger charge is -2.09. The number of aromatic carboxylic acids is 1. The van der Waals surface area contributed by atoms with Gasteiger partial charge in [-0.25, -0.2) is 4.79 Å². The fraction of sp³-hybridized carbons (Fsp3) is 0.0769. The van der Waals surface area contributed by atoms with Crippen molar-refractivity contribution in [2.45, 2.75) is 6.92 Å². The Kier molecular flexibility index (Phi) is 2.89. The highest BCUT2D eigenvalue weighted by Gasteiger charge is 2.18. The number of aromatic amines is 1. The Morgan fingerprint density at radius 1 is 1.28 bits per heavy atom. The van der Waals surface area contributed by atoms with E-state index < -0.39 is 11.5 Å². The van der Waals surface area contributed by atoms with Crippen molar-refractivity contribution in [3.8, 4) is 11.1 Å². The Labute approximate surface area is 103 Å². The molecule has 5 nitrogen and oxygen atoms in total. The fourth-order valence-electron chi connectivity index (χ4n) is 1.88. The summed E-state index contributed by atoms with van der Waals surface area (Å²) >= 11 is 0. The second-order valence-corrected chi connectivity index (χ2v) is 3.96. The van der Waals surface area contributed by atoms with E-state index in [1.54, 1.807) is 12.1 Å². The number of rotatable bonds is 2. The molecule has 0 aliphatic heterocycles. The van der Waals surface area contributed by atoms with Crippen LogP contribution < -0.4 is 11.3 Å². The summed E-state index contributed by atoms with van der Waals surface area (Å²) in [6.07, 6.45) is 0. The summed E-state index contributed by atoms with van der Waals surface area (Å²) in [5.41, 5.74) is 6.48. The summed E-state index contributed by atoms with van der Waals surface area (Å²) in [4.78, 5) is 25.1. The van der Waals surface area contributed by atoms with E-state index in [0.717, 1.165) is 5.56 Å². The standard InChI is InChI=1S/C13H12N2O3/c1-7-4-2-3-5-8(7)9-6-10(14)15-12(16)11(9)13(17)18/h2-6H,1H3,(H,17,18)(H3,14,15,16). The summed E-state index contributed by atoms with van der Waals surface area (Å²) in [7, 11) is 0. The monoisotopic (exact) mass is 244 g/mol. The molecular formula is C13H12N2O3. The highest BCUT2D eigenvalue weighted by molar-refractivity contribution is 5.96. The maximum absolute atomic E-state index is 11.7. The molecule has 0 amide bonds. The lowest BCUT2D eigenvalue weighted by atomic mass is 9.97. The molecule has 5 heteroatoms. The molecule has 1 heterocycles. The first-order valence-electron chi connectivity index (χ1n) is 5.33. The first-order valence-corrected chi connectivity index (χ1v) is 5.33. The van der Waals surface area contributed by atoms with E-state index in [2.05, 4.69) is 4.98 Å². The van der Waals surface area contributed by atoms with Gasteiger partial charge < -0.3 is 15.8 Å². The van der Waals surface area contributed by atoms with Crippen LogP contribution in [0.15, 0.2) is 35.1 Å². The summed E-state index contributed by atoms with van der Waals surface area (Å²) in [5.74, 6) is -1.13. The average molecular weight is 244 g/mol. The van der Waals surface area contributed by atoms with Crippen LogP contribution >= 0.6 is 0 Å². The number of aromatic nitrogens is 1. The van der Waals surface area contributed by atoms with Crippen molar-refractivity contribution in [3.63, 3.8) is 0 Å². The first-order chi connectivity index (χ1) is 8.50. The lowest BCUT2D eigenvalue weighted by molar-refractivity contribution is 0.0696. The minimum atomic E-state index is -1.27. The van der Waals surface area contributed by atoms with Gasteiger partial charge >= 0.3 is 5.97 Å². The Morgan fingerprint density at radius 2 is 1.94 bits per heavy atom. The number of carbonyl (C=O) groups is 1. The third-order valence-electron chi connectivity index (χ3n) is 2.70. The van der Waals surface area contributed by atoms with Gasteiger partial charge in [0.25, 0.3) is 5.56 Å². The largest absolute Gasteiger partial charge is 0.477 e. The number of benzene rings is 1. The van der Waals surface area contributed by atoms with Crippen molar-refractivity contribution in [2.24, 2.45) is 0 Å². The molecule has 4 N–H and O–H groups in total. The van der Waals surface area contributed by atoms with E-state index in [0.29, 0.717) is 11.1 Å². The van der Waals surface area contributed by atoms with Crippen molar-refractivity contribution in [1.82, 2.24) is 4.98 Å². The van der Waals surface area contributed by atoms with Gasteiger partial charge in [-0.2, -0.15) is 0 Å². The molecule has 92 valence electrons. The molecule has 18 heavy (non-hydrogen) atoms. The van der Waals surface area contributed by atoms with E-state index in [-0.39, 0.29) is 11.4 Å². The molecule has 2 rings (SSSR count). The molecule has 0 fully saturated rings. The molecule has 1 aromatic heterocycles. The van der Waals surface area contributed by atoms with Crippen LogP contribution in [0.2, 0.25) is 0 Å². The number of aryl methyl sites for hydroxylation is 1. The topological polar surface area (TPSA) is 96.2 Å². The van der Waals surface area contributed by atoms with Gasteiger partial charge in [-0.15, -0.1) is 0 Å². The zero-order chi connectivity index (χ0) is 13.3. The van der Waals surface area contributed by atoms with E-state index in [4.69, 9.17) is 10.8 Å². The van der Waals surface area contributed by atoms with Gasteiger partial charge in [0.2, 0.25) is 0 Å². The predicted octanol–water partition coefficient (Wildman–Crippen LogP) is 1.63. The molecule has 0 spiro atoms. The van der Waals surface area contributed by atoms with Gasteiger partial charge in [-0.3, -0.25) is 4.79 Å². The maximum atomic E-state index is 11.7. The third-order valence-corrected chi connectivity index (χ3v) is 2.70. The van der Waals surface area contributed by atoms with Gasteiger partial charge in [0, 0.05) is 5.56 Å². The van der Waals surface area contributed by atoms with Crippen molar-refractivity contribution in [3.05, 3.63) is 51.8 Å². The second-order valence-electron chi connectivity index (χ2n) is 3.96. The molecule has 0 unspecified atom stereocenters. The zero-order valence-electron chi connectivity index (χ0n) is 9.73. The summed E-state index contributed by atoms with van der Waals surface area (Å²) < 4.78 is 0. The minimum absolute atomic E-state index is 0.142. The molecule has 2 aromatic rings. The van der Waals surface area contributed by atoms with E-state index >= 15 is 0 Å². The van der Waals surface area contributed by atoms with E-state index in [1.807, 2.05) is 19.1 Å². The Hall–Kier alpha value is -2.56. The number of pyridine rings is 1. The van der Waals surface area contributed by atoms with Crippen molar-refractivity contribution in [2.75, 3.05) is 5.73 Å². The number of H-pyrrole nitrogens is 1. The molecule has 0 atom stereocenters. The lowest BCUT2D eigenvalue weighted by Crippen LogP contribution is -2.20. The van der Waals surface area contributed by atoms with Crippen LogP contribution in [0.5, 0.6) is 0 Å². The average Bonchev–Trinajstić information content (AvgIpc) is 2.27. The Bertz CT molecular complexity index is 674. The molecule has 0 radical (unpaired) electrons. The van der Waals surface area contributed by atoms with Crippen LogP contribution in [-0.4, -0.2) is 16.1 Å². The van der Waals surface area contributed by atoms with E-state index in [1.165, 1.54) is 6.07 Å². The maximum Gasteiger partial charge on any atom is 0.341 e. The van der Waals surface area contributed by atoms with E-state index in [9.17, 15) is 9.59 Å². The number of nitrogens with one attached hydrogen (secondary N) is 1. The predicted molar refractivity (Wildman–Crippen MR) is 68.6 cm³/mol.